The first-order valence-corrected chi connectivity index (χ1v) is 32.4. The van der Waals surface area contributed by atoms with Crippen molar-refractivity contribution in [3.63, 3.8) is 0 Å². The van der Waals surface area contributed by atoms with Crippen molar-refractivity contribution in [3.05, 3.63) is 166 Å². The van der Waals surface area contributed by atoms with Crippen LogP contribution in [0.25, 0.3) is 101 Å². The number of nitrogens with zero attached hydrogens (tertiary/aromatic N) is 18. The van der Waals surface area contributed by atoms with Crippen LogP contribution in [0.3, 0.4) is 0 Å². The maximum absolute atomic E-state index is 13.6. The lowest BCUT2D eigenvalue weighted by Gasteiger charge is -2.28. The minimum atomic E-state index is -2.53. The Morgan fingerprint density at radius 3 is 1.17 bits per heavy atom. The molecule has 25 heteroatoms. The molecule has 3 aliphatic rings. The van der Waals surface area contributed by atoms with Gasteiger partial charge in [-0.25, -0.2) is 38.7 Å². The van der Waals surface area contributed by atoms with Gasteiger partial charge in [-0.3, -0.25) is 28.1 Å². The number of aryl methyl sites for hydroxylation is 6. The fourth-order valence-corrected chi connectivity index (χ4v) is 12.0. The number of halogens is 2. The molecule has 1 aliphatic carbocycles. The standard InChI is InChI=1S/C25H27F2N7.2C23H25N7O/c1-33-15-20(12-30-33)18-4-3-5-19(10-18)23-29-14-22(21-13-31-34(2)16-21)24(32-23)28-11-17-6-8-25(26,27)9-7-17;1-29-9-6-21(28-29)20-14-24-22(27-23(20)26-19-7-10-31-11-8-19)17-5-3-4-16(12-17)18-13-25-30(2)15-18;1-29-14-18(11-25-29)16-4-3-5-17(10-16)22-24-13-21(19-12-26-30(2)15-19)23(28-22)27-20-6-8-31-9-7-20/h3-5,10,12-17H,6-9,11H2,1-2H3,(H,28,29,32);3-6,9,12-15,19H,7-8,10-11H2,1-2H3,(H,24,26,27);3-5,10-15,20H,6-9H2,1-2H3,(H,24,27,28). The number of rotatable bonds is 16. The van der Waals surface area contributed by atoms with E-state index >= 15 is 0 Å². The Hall–Kier alpha value is -10.7. The maximum atomic E-state index is 13.6. The van der Waals surface area contributed by atoms with E-state index in [9.17, 15) is 8.78 Å². The number of ether oxygens (including phenoxy) is 2. The molecule has 2 aliphatic heterocycles. The van der Waals surface area contributed by atoms with E-state index in [1.807, 2.05) is 171 Å². The number of hydrogen-bond acceptors (Lipinski definition) is 17. The lowest BCUT2D eigenvalue weighted by molar-refractivity contribution is -0.0443. The lowest BCUT2D eigenvalue weighted by atomic mass is 9.87. The van der Waals surface area contributed by atoms with E-state index in [1.54, 1.807) is 40.5 Å². The second-order valence-electron chi connectivity index (χ2n) is 24.7. The predicted octanol–water partition coefficient (Wildman–Crippen LogP) is 12.3. The molecule has 3 fully saturated rings. The Balaban J connectivity index is 0.000000130. The van der Waals surface area contributed by atoms with E-state index in [2.05, 4.69) is 80.8 Å². The summed E-state index contributed by atoms with van der Waals surface area (Å²) in [5.41, 5.74) is 14.6. The van der Waals surface area contributed by atoms with E-state index in [0.717, 1.165) is 147 Å². The second kappa shape index (κ2) is 28.9. The first-order valence-electron chi connectivity index (χ1n) is 32.4. The molecule has 15 rings (SSSR count). The summed E-state index contributed by atoms with van der Waals surface area (Å²) in [7, 11) is 11.4. The topological polar surface area (TPSA) is 239 Å². The van der Waals surface area contributed by atoms with Crippen LogP contribution in [-0.4, -0.2) is 140 Å². The van der Waals surface area contributed by atoms with E-state index in [-0.39, 0.29) is 18.8 Å². The van der Waals surface area contributed by atoms with Gasteiger partial charge in [0.15, 0.2) is 17.5 Å². The van der Waals surface area contributed by atoms with E-state index in [1.165, 1.54) is 0 Å². The average Bonchev–Trinajstić information content (AvgIpc) is 1.78. The summed E-state index contributed by atoms with van der Waals surface area (Å²) in [6, 6.07) is 27.1. The van der Waals surface area contributed by atoms with Crippen LogP contribution in [0.2, 0.25) is 0 Å². The van der Waals surface area contributed by atoms with Crippen LogP contribution in [-0.2, 0) is 51.8 Å². The second-order valence-corrected chi connectivity index (χ2v) is 24.7. The Kier molecular flexibility index (Phi) is 19.3. The van der Waals surface area contributed by atoms with Gasteiger partial charge in [0, 0.05) is 212 Å². The Morgan fingerprint density at radius 1 is 0.417 bits per heavy atom. The average molecular weight is 1290 g/mol. The molecule has 0 spiro atoms. The van der Waals surface area contributed by atoms with Gasteiger partial charge in [0.25, 0.3) is 0 Å². The third kappa shape index (κ3) is 15.8. The van der Waals surface area contributed by atoms with Crippen LogP contribution in [0.15, 0.2) is 166 Å². The maximum Gasteiger partial charge on any atom is 0.248 e. The molecule has 2 saturated heterocycles. The van der Waals surface area contributed by atoms with Crippen molar-refractivity contribution in [1.29, 1.82) is 0 Å². The highest BCUT2D eigenvalue weighted by molar-refractivity contribution is 5.79. The summed E-state index contributed by atoms with van der Waals surface area (Å²) in [4.78, 5) is 28.7. The number of aromatic nitrogens is 18. The summed E-state index contributed by atoms with van der Waals surface area (Å²) in [6.45, 7) is 3.66. The summed E-state index contributed by atoms with van der Waals surface area (Å²) in [5.74, 6) is 1.94. The first-order chi connectivity index (χ1) is 46.7. The zero-order valence-electron chi connectivity index (χ0n) is 54.6. The summed E-state index contributed by atoms with van der Waals surface area (Å²) >= 11 is 0. The van der Waals surface area contributed by atoms with Crippen LogP contribution in [0.5, 0.6) is 0 Å². The molecule has 3 aromatic carbocycles. The molecule has 0 amide bonds. The molecule has 12 aromatic rings. The van der Waals surface area contributed by atoms with Crippen LogP contribution in [0.4, 0.5) is 26.2 Å². The van der Waals surface area contributed by atoms with Gasteiger partial charge in [0.1, 0.15) is 17.5 Å². The van der Waals surface area contributed by atoms with Crippen molar-refractivity contribution < 1.29 is 18.3 Å². The van der Waals surface area contributed by atoms with Crippen molar-refractivity contribution in [2.24, 2.45) is 48.2 Å². The highest BCUT2D eigenvalue weighted by atomic mass is 19.3. The van der Waals surface area contributed by atoms with Crippen molar-refractivity contribution in [1.82, 2.24) is 88.6 Å². The van der Waals surface area contributed by atoms with Gasteiger partial charge in [0.2, 0.25) is 5.92 Å². The molecule has 11 heterocycles. The number of benzene rings is 3. The predicted molar refractivity (Wildman–Crippen MR) is 366 cm³/mol. The summed E-state index contributed by atoms with van der Waals surface area (Å²) < 4.78 is 48.8. The van der Waals surface area contributed by atoms with Crippen molar-refractivity contribution >= 4 is 17.5 Å². The lowest BCUT2D eigenvalue weighted by Crippen LogP contribution is -2.28. The van der Waals surface area contributed by atoms with Gasteiger partial charge in [-0.05, 0) is 85.4 Å². The monoisotopic (exact) mass is 1290 g/mol. The molecule has 3 N–H and O–H groups in total. The molecule has 96 heavy (non-hydrogen) atoms. The quantitative estimate of drug-likeness (QED) is 0.0815. The van der Waals surface area contributed by atoms with Crippen LogP contribution < -0.4 is 16.0 Å². The Morgan fingerprint density at radius 2 is 0.781 bits per heavy atom. The minimum Gasteiger partial charge on any atom is -0.381 e. The van der Waals surface area contributed by atoms with Gasteiger partial charge in [-0.15, -0.1) is 0 Å². The SMILES string of the molecule is Cn1cc(-c2cccc(-c3ncc(-c4ccn(C)n4)c(NC4CCOCC4)n3)c2)cn1.Cn1cc(-c2cccc(-c3ncc(-c4cnn(C)c4)c(NC4CCOCC4)n3)c2)cn1.Cn1cc(-c2cccc(-c3ncc(-c4cnn(C)c4)c(NCC4CCC(F)(F)CC4)n3)c2)cn1. The largest absolute Gasteiger partial charge is 0.381 e. The van der Waals surface area contributed by atoms with Gasteiger partial charge < -0.3 is 25.4 Å². The fraction of sp³-hybridized carbons (Fsp3) is 0.324. The fourth-order valence-electron chi connectivity index (χ4n) is 12.0. The summed E-state index contributed by atoms with van der Waals surface area (Å²) in [5, 5.41) is 36.6. The normalized spacial score (nSPS) is 15.1. The molecule has 0 atom stereocenters. The van der Waals surface area contributed by atoms with Gasteiger partial charge in [0.05, 0.1) is 42.2 Å². The molecule has 492 valence electrons. The molecule has 0 unspecified atom stereocenters. The van der Waals surface area contributed by atoms with E-state index < -0.39 is 5.92 Å². The smallest absolute Gasteiger partial charge is 0.248 e. The van der Waals surface area contributed by atoms with Crippen molar-refractivity contribution in [3.8, 4) is 101 Å². The molecule has 23 nitrogen and oxygen atoms in total. The summed E-state index contributed by atoms with van der Waals surface area (Å²) in [6.07, 6.45) is 31.3. The zero-order chi connectivity index (χ0) is 66.1. The minimum absolute atomic E-state index is 0.0506. The van der Waals surface area contributed by atoms with Crippen LogP contribution in [0, 0.1) is 5.92 Å². The third-order valence-corrected chi connectivity index (χ3v) is 17.4. The third-order valence-electron chi connectivity index (χ3n) is 17.4. The van der Waals surface area contributed by atoms with Crippen molar-refractivity contribution in [2.75, 3.05) is 48.9 Å². The Labute approximate surface area is 555 Å². The highest BCUT2D eigenvalue weighted by Gasteiger charge is 2.35. The van der Waals surface area contributed by atoms with E-state index in [0.29, 0.717) is 54.8 Å². The number of hydrogen-bond donors (Lipinski definition) is 3. The highest BCUT2D eigenvalue weighted by Crippen LogP contribution is 2.38. The molecular weight excluding hydrogens is 1220 g/mol. The molecule has 9 aromatic heterocycles. The molecule has 1 saturated carbocycles. The molecular formula is C71H77F2N21O2. The van der Waals surface area contributed by atoms with Crippen LogP contribution >= 0.6 is 0 Å². The number of alkyl halides is 2. The number of nitrogens with one attached hydrogen (secondary N) is 3. The van der Waals surface area contributed by atoms with Gasteiger partial charge in [-0.2, -0.15) is 30.6 Å². The number of anilines is 3. The zero-order valence-corrected chi connectivity index (χ0v) is 54.6. The van der Waals surface area contributed by atoms with Gasteiger partial charge >= 0.3 is 0 Å². The molecule has 0 bridgehead atoms. The van der Waals surface area contributed by atoms with Crippen LogP contribution in [0.1, 0.15) is 51.4 Å². The first kappa shape index (κ1) is 64.1. The Bertz CT molecular complexity index is 4390. The van der Waals surface area contributed by atoms with Crippen molar-refractivity contribution in [2.45, 2.75) is 69.4 Å². The molecule has 0 radical (unpaired) electrons. The van der Waals surface area contributed by atoms with E-state index in [4.69, 9.17) is 29.4 Å². The van der Waals surface area contributed by atoms with Gasteiger partial charge in [-0.1, -0.05) is 54.6 Å².